The summed E-state index contributed by atoms with van der Waals surface area (Å²) in [5.41, 5.74) is 0.184. The first-order chi connectivity index (χ1) is 10.9. The first-order valence-corrected chi connectivity index (χ1v) is 8.53. The van der Waals surface area contributed by atoms with Gasteiger partial charge in [0, 0.05) is 11.3 Å². The minimum Gasteiger partial charge on any atom is -0.465 e. The number of carbonyl (C=O) groups excluding carboxylic acids is 3. The van der Waals surface area contributed by atoms with E-state index in [1.807, 2.05) is 18.4 Å². The number of rotatable bonds is 6. The van der Waals surface area contributed by atoms with Crippen molar-refractivity contribution >= 4 is 29.1 Å². The number of hydrogen-bond acceptors (Lipinski definition) is 5. The van der Waals surface area contributed by atoms with Crippen LogP contribution in [0.5, 0.6) is 0 Å². The molecule has 0 aromatic carbocycles. The molecule has 23 heavy (non-hydrogen) atoms. The molecule has 2 amide bonds. The molecule has 1 N–H and O–H groups in total. The molecule has 6 nitrogen and oxygen atoms in total. The number of ether oxygens (including phenoxy) is 1. The highest BCUT2D eigenvalue weighted by Crippen LogP contribution is 2.33. The fraction of sp³-hybridized carbons (Fsp3) is 0.562. The molecule has 1 fully saturated rings. The summed E-state index contributed by atoms with van der Waals surface area (Å²) in [6, 6.07) is 2.00. The van der Waals surface area contributed by atoms with Crippen LogP contribution in [-0.2, 0) is 25.7 Å². The maximum absolute atomic E-state index is 12.5. The van der Waals surface area contributed by atoms with Gasteiger partial charge in [0.15, 0.2) is 0 Å². The van der Waals surface area contributed by atoms with Gasteiger partial charge in [-0.05, 0) is 44.2 Å². The average molecular weight is 338 g/mol. The Morgan fingerprint density at radius 2 is 2.22 bits per heavy atom. The number of nitrogens with zero attached hydrogens (tertiary/aromatic N) is 1. The Hall–Kier alpha value is -1.89. The van der Waals surface area contributed by atoms with Crippen LogP contribution in [0.1, 0.15) is 37.1 Å². The summed E-state index contributed by atoms with van der Waals surface area (Å²) in [7, 11) is 0. The topological polar surface area (TPSA) is 75.7 Å². The molecule has 126 valence electrons. The highest BCUT2D eigenvalue weighted by Gasteiger charge is 2.47. The molecule has 2 heterocycles. The Morgan fingerprint density at radius 1 is 1.48 bits per heavy atom. The first-order valence-electron chi connectivity index (χ1n) is 7.66. The van der Waals surface area contributed by atoms with Crippen molar-refractivity contribution in [2.24, 2.45) is 0 Å². The van der Waals surface area contributed by atoms with Crippen LogP contribution in [0.25, 0.3) is 0 Å². The van der Waals surface area contributed by atoms with Crippen molar-refractivity contribution in [3.8, 4) is 0 Å². The quantitative estimate of drug-likeness (QED) is 0.800. The molecule has 0 spiro atoms. The number of likely N-dealkylation sites (tertiary alicyclic amines) is 1. The fourth-order valence-corrected chi connectivity index (χ4v) is 3.55. The van der Waals surface area contributed by atoms with Crippen LogP contribution in [0.3, 0.4) is 0 Å². The molecule has 2 rings (SSSR count). The van der Waals surface area contributed by atoms with Crippen molar-refractivity contribution in [1.29, 1.82) is 0 Å². The molecular formula is C16H22N2O4S. The van der Waals surface area contributed by atoms with Gasteiger partial charge < -0.3 is 15.0 Å². The number of hydrogen-bond donors (Lipinski definition) is 1. The normalized spacial score (nSPS) is 20.7. The van der Waals surface area contributed by atoms with E-state index < -0.39 is 11.5 Å². The largest absolute Gasteiger partial charge is 0.465 e. The van der Waals surface area contributed by atoms with Crippen molar-refractivity contribution in [2.75, 3.05) is 13.2 Å². The van der Waals surface area contributed by atoms with Gasteiger partial charge in [-0.1, -0.05) is 0 Å². The summed E-state index contributed by atoms with van der Waals surface area (Å²) in [5, 5.41) is 4.57. The lowest BCUT2D eigenvalue weighted by Crippen LogP contribution is -2.54. The first kappa shape index (κ1) is 17.5. The van der Waals surface area contributed by atoms with Gasteiger partial charge in [-0.25, -0.2) is 0 Å². The van der Waals surface area contributed by atoms with Gasteiger partial charge in [0.05, 0.1) is 13.2 Å². The van der Waals surface area contributed by atoms with Gasteiger partial charge >= 0.3 is 5.97 Å². The van der Waals surface area contributed by atoms with Gasteiger partial charge in [-0.15, -0.1) is 11.3 Å². The Morgan fingerprint density at radius 3 is 2.83 bits per heavy atom. The second-order valence-corrected chi connectivity index (χ2v) is 6.77. The van der Waals surface area contributed by atoms with Crippen LogP contribution in [0.15, 0.2) is 11.4 Å². The van der Waals surface area contributed by atoms with Gasteiger partial charge in [0.1, 0.15) is 12.1 Å². The van der Waals surface area contributed by atoms with Gasteiger partial charge in [-0.3, -0.25) is 14.4 Å². The molecule has 0 saturated carbocycles. The summed E-state index contributed by atoms with van der Waals surface area (Å²) >= 11 is 1.58. The Balaban J connectivity index is 2.08. The van der Waals surface area contributed by atoms with E-state index in [1.165, 1.54) is 0 Å². The molecule has 1 aromatic rings. The van der Waals surface area contributed by atoms with E-state index in [2.05, 4.69) is 5.32 Å². The SMILES string of the molecule is CCOC(=O)CNC(=O)C1(C)CCC(=O)N1Cc1sccc1C. The number of amides is 2. The maximum Gasteiger partial charge on any atom is 0.325 e. The van der Waals surface area contributed by atoms with E-state index in [1.54, 1.807) is 30.1 Å². The average Bonchev–Trinajstić information content (AvgIpc) is 3.04. The standard InChI is InChI=1S/C16H22N2O4S/c1-4-22-14(20)9-17-15(21)16(3)7-5-13(19)18(16)10-12-11(2)6-8-23-12/h6,8H,4-5,7,9-10H2,1-3H3,(H,17,21). The van der Waals surface area contributed by atoms with Gasteiger partial charge in [-0.2, -0.15) is 0 Å². The smallest absolute Gasteiger partial charge is 0.325 e. The summed E-state index contributed by atoms with van der Waals surface area (Å²) in [4.78, 5) is 38.9. The highest BCUT2D eigenvalue weighted by atomic mass is 32.1. The van der Waals surface area contributed by atoms with Crippen molar-refractivity contribution in [1.82, 2.24) is 10.2 Å². The van der Waals surface area contributed by atoms with Crippen LogP contribution >= 0.6 is 11.3 Å². The van der Waals surface area contributed by atoms with Crippen LogP contribution in [0, 0.1) is 6.92 Å². The Labute approximate surface area is 139 Å². The molecule has 1 aliphatic heterocycles. The minimum absolute atomic E-state index is 0.0356. The maximum atomic E-state index is 12.5. The van der Waals surface area contributed by atoms with Gasteiger partial charge in [0.25, 0.3) is 0 Å². The summed E-state index contributed by atoms with van der Waals surface area (Å²) in [5.74, 6) is -0.827. The third-order valence-electron chi connectivity index (χ3n) is 4.18. The number of nitrogens with one attached hydrogen (secondary N) is 1. The zero-order valence-electron chi connectivity index (χ0n) is 13.7. The summed E-state index contributed by atoms with van der Waals surface area (Å²) < 4.78 is 4.80. The van der Waals surface area contributed by atoms with Crippen LogP contribution in [-0.4, -0.2) is 41.4 Å². The van der Waals surface area contributed by atoms with Crippen molar-refractivity contribution in [3.63, 3.8) is 0 Å². The lowest BCUT2D eigenvalue weighted by atomic mass is 9.97. The Bertz CT molecular complexity index is 613. The number of thiophene rings is 1. The zero-order chi connectivity index (χ0) is 17.0. The predicted molar refractivity (Wildman–Crippen MR) is 86.9 cm³/mol. The zero-order valence-corrected chi connectivity index (χ0v) is 14.5. The molecule has 1 unspecified atom stereocenters. The van der Waals surface area contributed by atoms with Gasteiger partial charge in [0.2, 0.25) is 11.8 Å². The fourth-order valence-electron chi connectivity index (χ4n) is 2.66. The van der Waals surface area contributed by atoms with E-state index in [0.717, 1.165) is 10.4 Å². The lowest BCUT2D eigenvalue weighted by molar-refractivity contribution is -0.146. The van der Waals surface area contributed by atoms with E-state index in [9.17, 15) is 14.4 Å². The molecule has 0 radical (unpaired) electrons. The molecule has 1 aliphatic rings. The van der Waals surface area contributed by atoms with Crippen LogP contribution in [0.4, 0.5) is 0 Å². The second-order valence-electron chi connectivity index (χ2n) is 5.77. The predicted octanol–water partition coefficient (Wildman–Crippen LogP) is 1.62. The monoisotopic (exact) mass is 338 g/mol. The van der Waals surface area contributed by atoms with E-state index >= 15 is 0 Å². The third kappa shape index (κ3) is 3.72. The molecule has 0 aliphatic carbocycles. The molecular weight excluding hydrogens is 316 g/mol. The van der Waals surface area contributed by atoms with Crippen LogP contribution < -0.4 is 5.32 Å². The number of carbonyl (C=O) groups is 3. The third-order valence-corrected chi connectivity index (χ3v) is 5.19. The summed E-state index contributed by atoms with van der Waals surface area (Å²) in [6.07, 6.45) is 0.790. The molecule has 0 bridgehead atoms. The van der Waals surface area contributed by atoms with E-state index in [0.29, 0.717) is 19.4 Å². The summed E-state index contributed by atoms with van der Waals surface area (Å²) in [6.45, 7) is 5.97. The van der Waals surface area contributed by atoms with Crippen molar-refractivity contribution in [2.45, 2.75) is 45.7 Å². The van der Waals surface area contributed by atoms with E-state index in [4.69, 9.17) is 4.74 Å². The second kappa shape index (κ2) is 7.12. The van der Waals surface area contributed by atoms with E-state index in [-0.39, 0.29) is 25.0 Å². The van der Waals surface area contributed by atoms with Crippen molar-refractivity contribution < 1.29 is 19.1 Å². The molecule has 1 saturated heterocycles. The lowest BCUT2D eigenvalue weighted by Gasteiger charge is -2.33. The highest BCUT2D eigenvalue weighted by molar-refractivity contribution is 7.10. The minimum atomic E-state index is -0.931. The number of aryl methyl sites for hydroxylation is 1. The molecule has 1 atom stereocenters. The molecule has 1 aromatic heterocycles. The number of esters is 1. The molecule has 7 heteroatoms. The van der Waals surface area contributed by atoms with Crippen molar-refractivity contribution in [3.05, 3.63) is 21.9 Å². The van der Waals surface area contributed by atoms with Crippen LogP contribution in [0.2, 0.25) is 0 Å². The Kier molecular flexibility index (Phi) is 5.41.